The van der Waals surface area contributed by atoms with Crippen LogP contribution in [0.3, 0.4) is 0 Å². The van der Waals surface area contributed by atoms with Crippen molar-refractivity contribution in [2.75, 3.05) is 5.88 Å². The van der Waals surface area contributed by atoms with Gasteiger partial charge in [0.2, 0.25) is 0 Å². The van der Waals surface area contributed by atoms with Gasteiger partial charge in [0.05, 0.1) is 0 Å². The second-order valence-corrected chi connectivity index (χ2v) is 4.54. The van der Waals surface area contributed by atoms with Crippen LogP contribution in [0.1, 0.15) is 33.6 Å². The fourth-order valence-corrected chi connectivity index (χ4v) is 2.31. The normalized spacial score (nSPS) is 38.4. The van der Waals surface area contributed by atoms with Gasteiger partial charge in [0.25, 0.3) is 0 Å². The number of halogens is 1. The fraction of sp³-hybridized carbons (Fsp3) is 1.00. The second kappa shape index (κ2) is 2.73. The summed E-state index contributed by atoms with van der Waals surface area (Å²) >= 11 is 5.83. The molecule has 2 atom stereocenters. The lowest BCUT2D eigenvalue weighted by Crippen LogP contribution is -2.19. The summed E-state index contributed by atoms with van der Waals surface area (Å²) in [5, 5.41) is 0. The van der Waals surface area contributed by atoms with Gasteiger partial charge in [0.15, 0.2) is 0 Å². The molecule has 0 radical (unpaired) electrons. The SMILES string of the molecule is CC1C(CCl)CCC1(C)C. The highest BCUT2D eigenvalue weighted by Gasteiger charge is 2.37. The van der Waals surface area contributed by atoms with Gasteiger partial charge in [0, 0.05) is 5.88 Å². The van der Waals surface area contributed by atoms with Gasteiger partial charge in [-0.2, -0.15) is 0 Å². The average molecular weight is 161 g/mol. The van der Waals surface area contributed by atoms with E-state index in [4.69, 9.17) is 11.6 Å². The van der Waals surface area contributed by atoms with E-state index in [1.807, 2.05) is 0 Å². The molecule has 60 valence electrons. The molecule has 1 saturated carbocycles. The quantitative estimate of drug-likeness (QED) is 0.517. The van der Waals surface area contributed by atoms with E-state index in [-0.39, 0.29) is 0 Å². The van der Waals surface area contributed by atoms with Gasteiger partial charge in [-0.05, 0) is 30.1 Å². The Kier molecular flexibility index (Phi) is 2.29. The number of alkyl halides is 1. The number of hydrogen-bond acceptors (Lipinski definition) is 0. The fourth-order valence-electron chi connectivity index (χ4n) is 1.88. The van der Waals surface area contributed by atoms with Crippen LogP contribution in [-0.4, -0.2) is 5.88 Å². The molecule has 1 aliphatic carbocycles. The lowest BCUT2D eigenvalue weighted by molar-refractivity contribution is 0.249. The topological polar surface area (TPSA) is 0 Å². The molecule has 1 aliphatic rings. The zero-order valence-corrected chi connectivity index (χ0v) is 7.91. The summed E-state index contributed by atoms with van der Waals surface area (Å²) in [5.41, 5.74) is 0.541. The first-order chi connectivity index (χ1) is 4.58. The molecule has 0 spiro atoms. The minimum atomic E-state index is 0.541. The van der Waals surface area contributed by atoms with Crippen LogP contribution in [0.4, 0.5) is 0 Å². The summed E-state index contributed by atoms with van der Waals surface area (Å²) < 4.78 is 0. The smallest absolute Gasteiger partial charge is 0.0254 e. The predicted molar refractivity (Wildman–Crippen MR) is 46.4 cm³/mol. The zero-order chi connectivity index (χ0) is 7.78. The van der Waals surface area contributed by atoms with Crippen molar-refractivity contribution in [2.45, 2.75) is 33.6 Å². The Morgan fingerprint density at radius 3 is 2.30 bits per heavy atom. The molecule has 0 N–H and O–H groups in total. The van der Waals surface area contributed by atoms with E-state index < -0.39 is 0 Å². The first-order valence-corrected chi connectivity index (χ1v) is 4.67. The highest BCUT2D eigenvalue weighted by atomic mass is 35.5. The molecule has 0 aliphatic heterocycles. The first kappa shape index (κ1) is 8.39. The minimum absolute atomic E-state index is 0.541. The predicted octanol–water partition coefficient (Wildman–Crippen LogP) is 3.30. The van der Waals surface area contributed by atoms with Crippen LogP contribution in [0.15, 0.2) is 0 Å². The monoisotopic (exact) mass is 160 g/mol. The summed E-state index contributed by atoms with van der Waals surface area (Å²) in [7, 11) is 0. The van der Waals surface area contributed by atoms with E-state index in [0.717, 1.165) is 17.7 Å². The summed E-state index contributed by atoms with van der Waals surface area (Å²) in [6.45, 7) is 7.04. The molecule has 0 aromatic carbocycles. The van der Waals surface area contributed by atoms with E-state index in [0.29, 0.717) is 5.41 Å². The van der Waals surface area contributed by atoms with Gasteiger partial charge in [-0.25, -0.2) is 0 Å². The molecular weight excluding hydrogens is 144 g/mol. The largest absolute Gasteiger partial charge is 0.126 e. The van der Waals surface area contributed by atoms with E-state index in [9.17, 15) is 0 Å². The molecule has 0 saturated heterocycles. The van der Waals surface area contributed by atoms with Crippen molar-refractivity contribution in [3.63, 3.8) is 0 Å². The molecule has 1 fully saturated rings. The third-order valence-corrected chi connectivity index (χ3v) is 3.69. The number of hydrogen-bond donors (Lipinski definition) is 0. The van der Waals surface area contributed by atoms with Crippen LogP contribution in [0.5, 0.6) is 0 Å². The second-order valence-electron chi connectivity index (χ2n) is 4.23. The maximum absolute atomic E-state index is 5.83. The average Bonchev–Trinajstić information content (AvgIpc) is 2.10. The van der Waals surface area contributed by atoms with Crippen LogP contribution in [0.25, 0.3) is 0 Å². The van der Waals surface area contributed by atoms with E-state index in [1.165, 1.54) is 12.8 Å². The van der Waals surface area contributed by atoms with Gasteiger partial charge in [-0.3, -0.25) is 0 Å². The van der Waals surface area contributed by atoms with Crippen molar-refractivity contribution in [1.29, 1.82) is 0 Å². The maximum atomic E-state index is 5.83. The highest BCUT2D eigenvalue weighted by Crippen LogP contribution is 2.46. The molecule has 0 nitrogen and oxygen atoms in total. The van der Waals surface area contributed by atoms with Gasteiger partial charge in [0.1, 0.15) is 0 Å². The standard InChI is InChI=1S/C9H17Cl/c1-7-8(6-10)4-5-9(7,2)3/h7-8H,4-6H2,1-3H3. The zero-order valence-electron chi connectivity index (χ0n) is 7.15. The Hall–Kier alpha value is 0.290. The van der Waals surface area contributed by atoms with Gasteiger partial charge in [-0.1, -0.05) is 20.8 Å². The third-order valence-electron chi connectivity index (χ3n) is 3.30. The van der Waals surface area contributed by atoms with Crippen molar-refractivity contribution in [3.05, 3.63) is 0 Å². The van der Waals surface area contributed by atoms with E-state index in [1.54, 1.807) is 0 Å². The molecule has 0 aromatic heterocycles. The lowest BCUT2D eigenvalue weighted by Gasteiger charge is -2.25. The van der Waals surface area contributed by atoms with Crippen LogP contribution in [0, 0.1) is 17.3 Å². The molecule has 2 unspecified atom stereocenters. The molecule has 1 heteroatoms. The van der Waals surface area contributed by atoms with E-state index >= 15 is 0 Å². The third kappa shape index (κ3) is 1.32. The van der Waals surface area contributed by atoms with Gasteiger partial charge < -0.3 is 0 Å². The van der Waals surface area contributed by atoms with Crippen LogP contribution >= 0.6 is 11.6 Å². The summed E-state index contributed by atoms with van der Waals surface area (Å²) in [6.07, 6.45) is 2.68. The van der Waals surface area contributed by atoms with Gasteiger partial charge >= 0.3 is 0 Å². The summed E-state index contributed by atoms with van der Waals surface area (Å²) in [4.78, 5) is 0. The van der Waals surface area contributed by atoms with E-state index in [2.05, 4.69) is 20.8 Å². The van der Waals surface area contributed by atoms with Crippen LogP contribution in [-0.2, 0) is 0 Å². The molecule has 0 amide bonds. The van der Waals surface area contributed by atoms with Crippen molar-refractivity contribution in [3.8, 4) is 0 Å². The van der Waals surface area contributed by atoms with Crippen molar-refractivity contribution in [1.82, 2.24) is 0 Å². The van der Waals surface area contributed by atoms with Crippen LogP contribution in [0.2, 0.25) is 0 Å². The maximum Gasteiger partial charge on any atom is 0.0254 e. The molecule has 1 rings (SSSR count). The summed E-state index contributed by atoms with van der Waals surface area (Å²) in [6, 6.07) is 0. The Balaban J connectivity index is 2.58. The highest BCUT2D eigenvalue weighted by molar-refractivity contribution is 6.18. The van der Waals surface area contributed by atoms with Crippen molar-refractivity contribution < 1.29 is 0 Å². The van der Waals surface area contributed by atoms with Crippen molar-refractivity contribution in [2.24, 2.45) is 17.3 Å². The van der Waals surface area contributed by atoms with Gasteiger partial charge in [-0.15, -0.1) is 11.6 Å². The Morgan fingerprint density at radius 1 is 1.50 bits per heavy atom. The Morgan fingerprint density at radius 2 is 2.10 bits per heavy atom. The van der Waals surface area contributed by atoms with Crippen LogP contribution < -0.4 is 0 Å². The first-order valence-electron chi connectivity index (χ1n) is 4.14. The molecule has 0 bridgehead atoms. The molecular formula is C9H17Cl. The van der Waals surface area contributed by atoms with Crippen molar-refractivity contribution >= 4 is 11.6 Å². The Bertz CT molecular complexity index is 118. The lowest BCUT2D eigenvalue weighted by atomic mass is 9.81. The Labute approximate surface area is 69.0 Å². The molecule has 0 heterocycles. The summed E-state index contributed by atoms with van der Waals surface area (Å²) in [5.74, 6) is 2.44. The minimum Gasteiger partial charge on any atom is -0.126 e. The number of rotatable bonds is 1. The molecule has 0 aromatic rings. The molecule has 10 heavy (non-hydrogen) atoms.